The number of anilines is 1. The third-order valence-electron chi connectivity index (χ3n) is 5.34. The van der Waals surface area contributed by atoms with Crippen molar-refractivity contribution in [3.05, 3.63) is 65.2 Å². The summed E-state index contributed by atoms with van der Waals surface area (Å²) in [5.74, 6) is 1.10. The summed E-state index contributed by atoms with van der Waals surface area (Å²) in [4.78, 5) is 40.6. The lowest BCUT2D eigenvalue weighted by atomic mass is 10.1. The van der Waals surface area contributed by atoms with Crippen LogP contribution >= 0.6 is 11.8 Å². The van der Waals surface area contributed by atoms with Gasteiger partial charge < -0.3 is 15.1 Å². The topological polar surface area (TPSA) is 69.7 Å². The quantitative estimate of drug-likeness (QED) is 0.825. The summed E-state index contributed by atoms with van der Waals surface area (Å²) in [6, 6.07) is 14.6. The minimum atomic E-state index is -0.328. The summed E-state index contributed by atoms with van der Waals surface area (Å²) in [5, 5.41) is 2.89. The molecule has 1 unspecified atom stereocenters. The van der Waals surface area contributed by atoms with Gasteiger partial charge in [-0.15, -0.1) is 11.8 Å². The second-order valence-corrected chi connectivity index (χ2v) is 8.27. The average molecular weight is 410 g/mol. The lowest BCUT2D eigenvalue weighted by Crippen LogP contribution is -2.57. The molecule has 2 aromatic rings. The van der Waals surface area contributed by atoms with Crippen LogP contribution in [0.15, 0.2) is 48.5 Å². The molecule has 2 aliphatic rings. The highest BCUT2D eigenvalue weighted by molar-refractivity contribution is 7.99. The standard InChI is InChI=1S/C22H23N3O3S/c1-2-15-5-9-18(10-6-15)23-21(27)17-7-3-16(4-8-17)11-24-12-20(26)25-14-29-13-19(25)22(24)28/h3-10,19H,2,11-14H2,1H3,(H,23,27). The van der Waals surface area contributed by atoms with E-state index in [1.165, 1.54) is 5.56 Å². The van der Waals surface area contributed by atoms with Crippen molar-refractivity contribution in [3.8, 4) is 0 Å². The lowest BCUT2D eigenvalue weighted by Gasteiger charge is -2.35. The first-order chi connectivity index (χ1) is 14.0. The molecule has 0 bridgehead atoms. The number of thioether (sulfide) groups is 1. The van der Waals surface area contributed by atoms with Gasteiger partial charge in [-0.2, -0.15) is 0 Å². The second-order valence-electron chi connectivity index (χ2n) is 7.28. The van der Waals surface area contributed by atoms with Crippen LogP contribution in [0.4, 0.5) is 5.69 Å². The number of nitrogens with one attached hydrogen (secondary N) is 1. The van der Waals surface area contributed by atoms with Crippen LogP contribution in [0.1, 0.15) is 28.4 Å². The number of fused-ring (bicyclic) bond motifs is 1. The van der Waals surface area contributed by atoms with E-state index >= 15 is 0 Å². The van der Waals surface area contributed by atoms with Crippen LogP contribution in [0.3, 0.4) is 0 Å². The van der Waals surface area contributed by atoms with E-state index in [4.69, 9.17) is 0 Å². The predicted molar refractivity (Wildman–Crippen MR) is 114 cm³/mol. The number of rotatable bonds is 5. The van der Waals surface area contributed by atoms with Crippen molar-refractivity contribution in [2.75, 3.05) is 23.5 Å². The number of carbonyl (C=O) groups excluding carboxylic acids is 3. The van der Waals surface area contributed by atoms with E-state index in [-0.39, 0.29) is 30.3 Å². The van der Waals surface area contributed by atoms with E-state index in [9.17, 15) is 14.4 Å². The van der Waals surface area contributed by atoms with Crippen molar-refractivity contribution < 1.29 is 14.4 Å². The van der Waals surface area contributed by atoms with Crippen LogP contribution in [0, 0.1) is 0 Å². The molecule has 2 aromatic carbocycles. The van der Waals surface area contributed by atoms with Crippen molar-refractivity contribution in [2.24, 2.45) is 0 Å². The Hall–Kier alpha value is -2.80. The molecule has 2 aliphatic heterocycles. The van der Waals surface area contributed by atoms with Gasteiger partial charge in [0, 0.05) is 23.5 Å². The van der Waals surface area contributed by atoms with Gasteiger partial charge >= 0.3 is 0 Å². The number of aryl methyl sites for hydroxylation is 1. The van der Waals surface area contributed by atoms with Gasteiger partial charge in [0.2, 0.25) is 11.8 Å². The summed E-state index contributed by atoms with van der Waals surface area (Å²) >= 11 is 1.62. The Morgan fingerprint density at radius 1 is 1.07 bits per heavy atom. The normalized spacial score (nSPS) is 18.7. The Balaban J connectivity index is 1.39. The fraction of sp³-hybridized carbons (Fsp3) is 0.318. The average Bonchev–Trinajstić information content (AvgIpc) is 3.24. The first-order valence-electron chi connectivity index (χ1n) is 9.70. The number of hydrogen-bond donors (Lipinski definition) is 1. The highest BCUT2D eigenvalue weighted by Gasteiger charge is 2.42. The molecule has 29 heavy (non-hydrogen) atoms. The first kappa shape index (κ1) is 19.5. The Kier molecular flexibility index (Phi) is 5.58. The minimum absolute atomic E-state index is 0.00434. The maximum Gasteiger partial charge on any atom is 0.255 e. The molecular formula is C22H23N3O3S. The number of carbonyl (C=O) groups is 3. The van der Waals surface area contributed by atoms with E-state index < -0.39 is 0 Å². The smallest absolute Gasteiger partial charge is 0.255 e. The molecule has 0 aliphatic carbocycles. The second kappa shape index (κ2) is 8.29. The highest BCUT2D eigenvalue weighted by atomic mass is 32.2. The van der Waals surface area contributed by atoms with Crippen molar-refractivity contribution in [1.82, 2.24) is 9.80 Å². The van der Waals surface area contributed by atoms with Gasteiger partial charge in [0.15, 0.2) is 0 Å². The van der Waals surface area contributed by atoms with Crippen LogP contribution < -0.4 is 5.32 Å². The van der Waals surface area contributed by atoms with Gasteiger partial charge in [0.1, 0.15) is 12.6 Å². The van der Waals surface area contributed by atoms with Gasteiger partial charge in [-0.05, 0) is 41.8 Å². The number of amides is 3. The largest absolute Gasteiger partial charge is 0.327 e. The number of nitrogens with zero attached hydrogens (tertiary/aromatic N) is 2. The minimum Gasteiger partial charge on any atom is -0.327 e. The zero-order valence-corrected chi connectivity index (χ0v) is 17.1. The zero-order valence-electron chi connectivity index (χ0n) is 16.3. The van der Waals surface area contributed by atoms with Gasteiger partial charge in [0.05, 0.1) is 5.88 Å². The van der Waals surface area contributed by atoms with Crippen LogP contribution in [0.2, 0.25) is 0 Å². The van der Waals surface area contributed by atoms with E-state index in [1.807, 2.05) is 36.4 Å². The Labute approximate surface area is 174 Å². The Morgan fingerprint density at radius 2 is 1.76 bits per heavy atom. The molecule has 4 rings (SSSR count). The Morgan fingerprint density at radius 3 is 2.45 bits per heavy atom. The summed E-state index contributed by atoms with van der Waals surface area (Å²) in [6.07, 6.45) is 0.957. The summed E-state index contributed by atoms with van der Waals surface area (Å²) in [6.45, 7) is 2.58. The molecule has 0 spiro atoms. The molecule has 0 aromatic heterocycles. The molecule has 150 valence electrons. The molecular weight excluding hydrogens is 386 g/mol. The third-order valence-corrected chi connectivity index (χ3v) is 6.35. The van der Waals surface area contributed by atoms with Crippen molar-refractivity contribution in [2.45, 2.75) is 25.9 Å². The molecule has 2 fully saturated rings. The summed E-state index contributed by atoms with van der Waals surface area (Å²) in [5.41, 5.74) is 3.42. The lowest BCUT2D eigenvalue weighted by molar-refractivity contribution is -0.153. The Bertz CT molecular complexity index is 927. The number of piperazine rings is 1. The molecule has 1 N–H and O–H groups in total. The third kappa shape index (κ3) is 4.15. The first-order valence-corrected chi connectivity index (χ1v) is 10.9. The molecule has 2 saturated heterocycles. The SMILES string of the molecule is CCc1ccc(NC(=O)c2ccc(CN3CC(=O)N4CSCC4C3=O)cc2)cc1. The molecule has 1 atom stereocenters. The van der Waals surface area contributed by atoms with Crippen LogP contribution in [0.25, 0.3) is 0 Å². The summed E-state index contributed by atoms with van der Waals surface area (Å²) in [7, 11) is 0. The van der Waals surface area contributed by atoms with Crippen molar-refractivity contribution in [1.29, 1.82) is 0 Å². The zero-order chi connectivity index (χ0) is 20.4. The molecule has 0 radical (unpaired) electrons. The molecule has 7 heteroatoms. The van der Waals surface area contributed by atoms with Crippen molar-refractivity contribution in [3.63, 3.8) is 0 Å². The maximum atomic E-state index is 12.6. The fourth-order valence-electron chi connectivity index (χ4n) is 3.58. The molecule has 2 heterocycles. The molecule has 3 amide bonds. The van der Waals surface area contributed by atoms with Gasteiger partial charge in [-0.25, -0.2) is 0 Å². The molecule has 0 saturated carbocycles. The van der Waals surface area contributed by atoms with E-state index in [0.29, 0.717) is 23.7 Å². The number of benzene rings is 2. The van der Waals surface area contributed by atoms with Crippen LogP contribution in [-0.2, 0) is 22.6 Å². The number of hydrogen-bond acceptors (Lipinski definition) is 4. The van der Waals surface area contributed by atoms with E-state index in [2.05, 4.69) is 12.2 Å². The van der Waals surface area contributed by atoms with Crippen LogP contribution in [-0.4, -0.2) is 51.7 Å². The van der Waals surface area contributed by atoms with Gasteiger partial charge in [0.25, 0.3) is 5.91 Å². The van der Waals surface area contributed by atoms with E-state index in [0.717, 1.165) is 17.7 Å². The highest BCUT2D eigenvalue weighted by Crippen LogP contribution is 2.26. The monoisotopic (exact) mass is 409 g/mol. The van der Waals surface area contributed by atoms with Gasteiger partial charge in [-0.3, -0.25) is 14.4 Å². The fourth-order valence-corrected chi connectivity index (χ4v) is 4.75. The maximum absolute atomic E-state index is 12.6. The van der Waals surface area contributed by atoms with Crippen LogP contribution in [0.5, 0.6) is 0 Å². The van der Waals surface area contributed by atoms with E-state index in [1.54, 1.807) is 33.7 Å². The predicted octanol–water partition coefficient (Wildman–Crippen LogP) is 2.75. The molecule has 6 nitrogen and oxygen atoms in total. The summed E-state index contributed by atoms with van der Waals surface area (Å²) < 4.78 is 0. The van der Waals surface area contributed by atoms with Gasteiger partial charge in [-0.1, -0.05) is 31.2 Å². The van der Waals surface area contributed by atoms with Crippen molar-refractivity contribution >= 4 is 35.2 Å².